The number of benzene rings is 2. The molecule has 6 heteroatoms. The SMILES string of the molecule is CN1CC(c2ccc(F)cc2)C(C(=O)Nc2ccccc2F)C1=O. The van der Waals surface area contributed by atoms with Crippen LogP contribution in [0.1, 0.15) is 11.5 Å². The minimum Gasteiger partial charge on any atom is -0.344 e. The summed E-state index contributed by atoms with van der Waals surface area (Å²) in [6.45, 7) is 0.347. The molecule has 0 aliphatic carbocycles. The average Bonchev–Trinajstić information content (AvgIpc) is 2.86. The van der Waals surface area contributed by atoms with Crippen LogP contribution in [0.5, 0.6) is 0 Å². The Balaban J connectivity index is 1.87. The van der Waals surface area contributed by atoms with Crippen LogP contribution < -0.4 is 5.32 Å². The monoisotopic (exact) mass is 330 g/mol. The summed E-state index contributed by atoms with van der Waals surface area (Å²) in [7, 11) is 1.61. The van der Waals surface area contributed by atoms with E-state index in [1.807, 2.05) is 0 Å². The summed E-state index contributed by atoms with van der Waals surface area (Å²) in [5.41, 5.74) is 0.727. The zero-order chi connectivity index (χ0) is 17.3. The molecule has 1 fully saturated rings. The van der Waals surface area contributed by atoms with Crippen LogP contribution in [0.2, 0.25) is 0 Å². The maximum Gasteiger partial charge on any atom is 0.237 e. The number of nitrogens with zero attached hydrogens (tertiary/aromatic N) is 1. The van der Waals surface area contributed by atoms with E-state index < -0.39 is 23.6 Å². The number of anilines is 1. The number of amides is 2. The maximum atomic E-state index is 13.7. The number of likely N-dealkylation sites (N-methyl/N-ethyl adjacent to an activating group) is 1. The number of hydrogen-bond donors (Lipinski definition) is 1. The first kappa shape index (κ1) is 16.1. The molecule has 3 rings (SSSR count). The topological polar surface area (TPSA) is 49.4 Å². The van der Waals surface area contributed by atoms with Crippen molar-refractivity contribution in [3.63, 3.8) is 0 Å². The summed E-state index contributed by atoms with van der Waals surface area (Å²) < 4.78 is 26.8. The molecule has 0 radical (unpaired) electrons. The summed E-state index contributed by atoms with van der Waals surface area (Å²) in [5.74, 6) is -3.23. The fourth-order valence-corrected chi connectivity index (χ4v) is 2.98. The first-order chi connectivity index (χ1) is 11.5. The van der Waals surface area contributed by atoms with Gasteiger partial charge in [0.2, 0.25) is 11.8 Å². The van der Waals surface area contributed by atoms with Crippen LogP contribution in [0.4, 0.5) is 14.5 Å². The molecule has 0 saturated carbocycles. The number of nitrogens with one attached hydrogen (secondary N) is 1. The fraction of sp³-hybridized carbons (Fsp3) is 0.222. The highest BCUT2D eigenvalue weighted by Gasteiger charge is 2.44. The number of halogens is 2. The summed E-state index contributed by atoms with van der Waals surface area (Å²) in [5, 5.41) is 2.48. The van der Waals surface area contributed by atoms with Crippen molar-refractivity contribution in [1.82, 2.24) is 4.90 Å². The maximum absolute atomic E-state index is 13.7. The number of carbonyl (C=O) groups excluding carboxylic acids is 2. The van der Waals surface area contributed by atoms with Crippen molar-refractivity contribution in [3.05, 3.63) is 65.7 Å². The lowest BCUT2D eigenvalue weighted by Gasteiger charge is -2.17. The zero-order valence-electron chi connectivity index (χ0n) is 13.0. The van der Waals surface area contributed by atoms with Gasteiger partial charge in [-0.3, -0.25) is 9.59 Å². The largest absolute Gasteiger partial charge is 0.344 e. The lowest BCUT2D eigenvalue weighted by Crippen LogP contribution is -2.33. The van der Waals surface area contributed by atoms with Crippen LogP contribution >= 0.6 is 0 Å². The standard InChI is InChI=1S/C18H16F2N2O2/c1-22-10-13(11-6-8-12(19)9-7-11)16(18(22)24)17(23)21-15-5-3-2-4-14(15)20/h2-9,13,16H,10H2,1H3,(H,21,23). The predicted octanol–water partition coefficient (Wildman–Crippen LogP) is 2.78. The van der Waals surface area contributed by atoms with Crippen LogP contribution in [-0.2, 0) is 9.59 Å². The summed E-state index contributed by atoms with van der Waals surface area (Å²) >= 11 is 0. The van der Waals surface area contributed by atoms with Crippen molar-refractivity contribution in [2.75, 3.05) is 18.9 Å². The van der Waals surface area contributed by atoms with E-state index in [0.29, 0.717) is 12.1 Å². The molecule has 1 aliphatic heterocycles. The lowest BCUT2D eigenvalue weighted by atomic mass is 9.88. The van der Waals surface area contributed by atoms with Gasteiger partial charge < -0.3 is 10.2 Å². The van der Waals surface area contributed by atoms with Gasteiger partial charge in [-0.15, -0.1) is 0 Å². The van der Waals surface area contributed by atoms with E-state index in [1.165, 1.54) is 35.2 Å². The Morgan fingerprint density at radius 3 is 2.46 bits per heavy atom. The molecule has 4 nitrogen and oxygen atoms in total. The Kier molecular flexibility index (Phi) is 4.29. The highest BCUT2D eigenvalue weighted by Crippen LogP contribution is 2.34. The van der Waals surface area contributed by atoms with Gasteiger partial charge in [-0.1, -0.05) is 24.3 Å². The second kappa shape index (κ2) is 6.39. The Morgan fingerprint density at radius 2 is 1.79 bits per heavy atom. The molecule has 2 amide bonds. The van der Waals surface area contributed by atoms with Gasteiger partial charge >= 0.3 is 0 Å². The highest BCUT2D eigenvalue weighted by atomic mass is 19.1. The molecule has 0 aromatic heterocycles. The van der Waals surface area contributed by atoms with E-state index in [0.717, 1.165) is 0 Å². The number of para-hydroxylation sites is 1. The smallest absolute Gasteiger partial charge is 0.237 e. The van der Waals surface area contributed by atoms with Gasteiger partial charge in [0.1, 0.15) is 17.6 Å². The lowest BCUT2D eigenvalue weighted by molar-refractivity contribution is -0.135. The molecule has 2 atom stereocenters. The van der Waals surface area contributed by atoms with Crippen molar-refractivity contribution in [3.8, 4) is 0 Å². The molecule has 124 valence electrons. The molecule has 1 N–H and O–H groups in total. The molecule has 1 aliphatic rings. The second-order valence-electron chi connectivity index (χ2n) is 5.82. The minimum atomic E-state index is -0.972. The van der Waals surface area contributed by atoms with Gasteiger partial charge in [-0.05, 0) is 29.8 Å². The van der Waals surface area contributed by atoms with Gasteiger partial charge in [0.15, 0.2) is 0 Å². The van der Waals surface area contributed by atoms with E-state index >= 15 is 0 Å². The number of rotatable bonds is 3. The van der Waals surface area contributed by atoms with Crippen molar-refractivity contribution >= 4 is 17.5 Å². The first-order valence-corrected chi connectivity index (χ1v) is 7.53. The predicted molar refractivity (Wildman–Crippen MR) is 85.3 cm³/mol. The van der Waals surface area contributed by atoms with Crippen molar-refractivity contribution in [1.29, 1.82) is 0 Å². The molecule has 0 spiro atoms. The molecule has 2 unspecified atom stereocenters. The Labute approximate surface area is 138 Å². The van der Waals surface area contributed by atoms with Crippen LogP contribution in [0.3, 0.4) is 0 Å². The summed E-state index contributed by atoms with van der Waals surface area (Å²) in [6, 6.07) is 11.5. The third-order valence-corrected chi connectivity index (χ3v) is 4.23. The molecule has 0 bridgehead atoms. The van der Waals surface area contributed by atoms with Gasteiger partial charge in [0.25, 0.3) is 0 Å². The van der Waals surface area contributed by atoms with Crippen molar-refractivity contribution < 1.29 is 18.4 Å². The summed E-state index contributed by atoms with van der Waals surface area (Å²) in [4.78, 5) is 26.4. The third kappa shape index (κ3) is 2.99. The molecule has 1 saturated heterocycles. The fourth-order valence-electron chi connectivity index (χ4n) is 2.98. The van der Waals surface area contributed by atoms with Gasteiger partial charge in [0, 0.05) is 19.5 Å². The zero-order valence-corrected chi connectivity index (χ0v) is 13.0. The van der Waals surface area contributed by atoms with E-state index in [-0.39, 0.29) is 17.4 Å². The molecular weight excluding hydrogens is 314 g/mol. The molecule has 2 aromatic carbocycles. The quantitative estimate of drug-likeness (QED) is 0.880. The minimum absolute atomic E-state index is 0.0303. The van der Waals surface area contributed by atoms with Crippen molar-refractivity contribution in [2.24, 2.45) is 5.92 Å². The summed E-state index contributed by atoms with van der Waals surface area (Å²) in [6.07, 6.45) is 0. The normalized spacial score (nSPS) is 20.3. The molecule has 2 aromatic rings. The van der Waals surface area contributed by atoms with E-state index in [9.17, 15) is 18.4 Å². The average molecular weight is 330 g/mol. The van der Waals surface area contributed by atoms with Crippen molar-refractivity contribution in [2.45, 2.75) is 5.92 Å². The van der Waals surface area contributed by atoms with E-state index in [4.69, 9.17) is 0 Å². The molecular formula is C18H16F2N2O2. The van der Waals surface area contributed by atoms with Crippen LogP contribution in [0.25, 0.3) is 0 Å². The van der Waals surface area contributed by atoms with Crippen LogP contribution in [0.15, 0.2) is 48.5 Å². The van der Waals surface area contributed by atoms with Gasteiger partial charge in [0.05, 0.1) is 5.69 Å². The number of likely N-dealkylation sites (tertiary alicyclic amines) is 1. The number of hydrogen-bond acceptors (Lipinski definition) is 2. The van der Waals surface area contributed by atoms with Gasteiger partial charge in [-0.2, -0.15) is 0 Å². The second-order valence-corrected chi connectivity index (χ2v) is 5.82. The molecule has 1 heterocycles. The Morgan fingerprint density at radius 1 is 1.12 bits per heavy atom. The van der Waals surface area contributed by atoms with Gasteiger partial charge in [-0.25, -0.2) is 8.78 Å². The van der Waals surface area contributed by atoms with E-state index in [1.54, 1.807) is 25.2 Å². The van der Waals surface area contributed by atoms with Crippen LogP contribution in [0, 0.1) is 17.6 Å². The highest BCUT2D eigenvalue weighted by molar-refractivity contribution is 6.08. The molecule has 24 heavy (non-hydrogen) atoms. The number of carbonyl (C=O) groups is 2. The Hall–Kier alpha value is -2.76. The Bertz CT molecular complexity index is 777. The van der Waals surface area contributed by atoms with Crippen LogP contribution in [-0.4, -0.2) is 30.3 Å². The third-order valence-electron chi connectivity index (χ3n) is 4.23. The van der Waals surface area contributed by atoms with E-state index in [2.05, 4.69) is 5.32 Å². The first-order valence-electron chi connectivity index (χ1n) is 7.53.